The van der Waals surface area contributed by atoms with Crippen LogP contribution in [0.2, 0.25) is 5.02 Å². The molecule has 1 saturated heterocycles. The third-order valence-corrected chi connectivity index (χ3v) is 4.58. The molecule has 1 aromatic carbocycles. The molecule has 0 unspecified atom stereocenters. The summed E-state index contributed by atoms with van der Waals surface area (Å²) in [5.41, 5.74) is 3.58. The zero-order valence-electron chi connectivity index (χ0n) is 14.5. The number of primary amides is 1. The second-order valence-corrected chi connectivity index (χ2v) is 6.73. The fraction of sp³-hybridized carbons (Fsp3) is 0.222. The monoisotopic (exact) mass is 406 g/mol. The number of anilines is 1. The van der Waals surface area contributed by atoms with Crippen LogP contribution in [0.4, 0.5) is 10.1 Å². The Hall–Kier alpha value is -3.04. The van der Waals surface area contributed by atoms with Gasteiger partial charge in [-0.15, -0.1) is 0 Å². The molecule has 4 N–H and O–H groups in total. The van der Waals surface area contributed by atoms with E-state index in [0.717, 1.165) is 6.07 Å². The summed E-state index contributed by atoms with van der Waals surface area (Å²) in [5.74, 6) is -3.00. The van der Waals surface area contributed by atoms with E-state index in [-0.39, 0.29) is 30.2 Å². The summed E-state index contributed by atoms with van der Waals surface area (Å²) in [6.45, 7) is -0.0348. The van der Waals surface area contributed by atoms with E-state index in [4.69, 9.17) is 17.3 Å². The van der Waals surface area contributed by atoms with Crippen LogP contribution in [0, 0.1) is 5.82 Å². The Bertz CT molecular complexity index is 933. The maximum absolute atomic E-state index is 13.4. The highest BCUT2D eigenvalue weighted by Crippen LogP contribution is 2.28. The van der Waals surface area contributed by atoms with E-state index in [0.29, 0.717) is 11.3 Å². The van der Waals surface area contributed by atoms with Crippen LogP contribution in [0.3, 0.4) is 0 Å². The fourth-order valence-corrected chi connectivity index (χ4v) is 3.14. The van der Waals surface area contributed by atoms with Crippen molar-refractivity contribution in [3.8, 4) is 0 Å². The first-order valence-electron chi connectivity index (χ1n) is 8.24. The van der Waals surface area contributed by atoms with Crippen LogP contribution in [0.5, 0.6) is 0 Å². The number of carbonyl (C=O) groups excluding carboxylic acids is 3. The van der Waals surface area contributed by atoms with Crippen LogP contribution in [-0.2, 0) is 16.1 Å². The van der Waals surface area contributed by atoms with E-state index < -0.39 is 29.1 Å². The standard InChI is InChI=1S/C18H16ClFN4O4/c19-11-5-10(6-12(20)7-11)8-23-16(26)18(28)3-4-24(17(18)27)13-1-2-14(15(21)25)22-9-13/h1-2,5-7,9,28H,3-4,8H2,(H2,21,25)(H,23,26)/t18-/m1/s1. The number of amides is 3. The lowest BCUT2D eigenvalue weighted by atomic mass is 10.0. The lowest BCUT2D eigenvalue weighted by Gasteiger charge is -2.21. The Morgan fingerprint density at radius 2 is 2.11 bits per heavy atom. The first-order valence-corrected chi connectivity index (χ1v) is 8.62. The predicted molar refractivity (Wildman–Crippen MR) is 97.9 cm³/mol. The number of halogens is 2. The smallest absolute Gasteiger partial charge is 0.268 e. The summed E-state index contributed by atoms with van der Waals surface area (Å²) in [5, 5.41) is 13.2. The minimum atomic E-state index is -2.26. The molecule has 0 spiro atoms. The molecule has 2 heterocycles. The summed E-state index contributed by atoms with van der Waals surface area (Å²) in [6, 6.07) is 6.56. The average Bonchev–Trinajstić information content (AvgIpc) is 2.95. The topological polar surface area (TPSA) is 126 Å². The quantitative estimate of drug-likeness (QED) is 0.632. The van der Waals surface area contributed by atoms with Gasteiger partial charge in [0.15, 0.2) is 0 Å². The van der Waals surface area contributed by atoms with Gasteiger partial charge in [-0.25, -0.2) is 9.37 Å². The van der Waals surface area contributed by atoms with Crippen molar-refractivity contribution in [1.29, 1.82) is 0 Å². The van der Waals surface area contributed by atoms with Crippen molar-refractivity contribution in [2.75, 3.05) is 11.4 Å². The molecule has 3 amide bonds. The van der Waals surface area contributed by atoms with Gasteiger partial charge in [0, 0.05) is 24.5 Å². The largest absolute Gasteiger partial charge is 0.372 e. The first-order chi connectivity index (χ1) is 13.2. The number of hydrogen-bond acceptors (Lipinski definition) is 5. The summed E-state index contributed by atoms with van der Waals surface area (Å²) in [7, 11) is 0. The zero-order valence-corrected chi connectivity index (χ0v) is 15.2. The van der Waals surface area contributed by atoms with E-state index in [1.54, 1.807) is 0 Å². The maximum atomic E-state index is 13.4. The number of nitrogens with zero attached hydrogens (tertiary/aromatic N) is 2. The first kappa shape index (κ1) is 19.7. The number of nitrogens with one attached hydrogen (secondary N) is 1. The van der Waals surface area contributed by atoms with Gasteiger partial charge >= 0.3 is 0 Å². The van der Waals surface area contributed by atoms with Gasteiger partial charge in [-0.3, -0.25) is 14.4 Å². The summed E-state index contributed by atoms with van der Waals surface area (Å²) < 4.78 is 13.4. The number of hydrogen-bond donors (Lipinski definition) is 3. The summed E-state index contributed by atoms with van der Waals surface area (Å²) in [4.78, 5) is 41.2. The van der Waals surface area contributed by atoms with Gasteiger partial charge in [-0.1, -0.05) is 11.6 Å². The summed E-state index contributed by atoms with van der Waals surface area (Å²) in [6.07, 6.45) is 1.12. The third kappa shape index (κ3) is 3.80. The highest BCUT2D eigenvalue weighted by atomic mass is 35.5. The van der Waals surface area contributed by atoms with E-state index in [2.05, 4.69) is 10.3 Å². The molecule has 146 valence electrons. The van der Waals surface area contributed by atoms with Crippen molar-refractivity contribution in [1.82, 2.24) is 10.3 Å². The van der Waals surface area contributed by atoms with Crippen LogP contribution >= 0.6 is 11.6 Å². The number of nitrogens with two attached hydrogens (primary N) is 1. The highest BCUT2D eigenvalue weighted by Gasteiger charge is 2.51. The van der Waals surface area contributed by atoms with Crippen LogP contribution < -0.4 is 16.0 Å². The predicted octanol–water partition coefficient (Wildman–Crippen LogP) is 0.757. The molecule has 3 rings (SSSR count). The second-order valence-electron chi connectivity index (χ2n) is 6.29. The van der Waals surface area contributed by atoms with Crippen molar-refractivity contribution in [3.63, 3.8) is 0 Å². The second kappa shape index (κ2) is 7.53. The molecule has 1 aliphatic heterocycles. The van der Waals surface area contributed by atoms with Gasteiger partial charge in [0.25, 0.3) is 17.7 Å². The van der Waals surface area contributed by atoms with Crippen molar-refractivity contribution in [2.45, 2.75) is 18.6 Å². The van der Waals surface area contributed by atoms with Gasteiger partial charge in [0.2, 0.25) is 5.60 Å². The van der Waals surface area contributed by atoms with Gasteiger partial charge in [0.1, 0.15) is 11.5 Å². The van der Waals surface area contributed by atoms with Gasteiger partial charge in [-0.2, -0.15) is 0 Å². The minimum Gasteiger partial charge on any atom is -0.372 e. The molecule has 0 saturated carbocycles. The number of rotatable bonds is 5. The number of aromatic nitrogens is 1. The van der Waals surface area contributed by atoms with Crippen LogP contribution in [0.15, 0.2) is 36.5 Å². The highest BCUT2D eigenvalue weighted by molar-refractivity contribution is 6.30. The Morgan fingerprint density at radius 3 is 2.71 bits per heavy atom. The van der Waals surface area contributed by atoms with Gasteiger partial charge in [-0.05, 0) is 35.9 Å². The molecular formula is C18H16ClFN4O4. The molecule has 2 aromatic rings. The molecule has 0 bridgehead atoms. The van der Waals surface area contributed by atoms with Gasteiger partial charge < -0.3 is 21.1 Å². The lowest BCUT2D eigenvalue weighted by molar-refractivity contribution is -0.149. The lowest BCUT2D eigenvalue weighted by Crippen LogP contribution is -2.52. The Labute approximate surface area is 164 Å². The minimum absolute atomic E-state index is 0.0251. The molecule has 28 heavy (non-hydrogen) atoms. The molecule has 1 aliphatic rings. The zero-order chi connectivity index (χ0) is 20.5. The van der Waals surface area contributed by atoms with Crippen molar-refractivity contribution in [3.05, 3.63) is 58.6 Å². The number of aliphatic hydroxyl groups is 1. The van der Waals surface area contributed by atoms with E-state index in [1.807, 2.05) is 0 Å². The molecule has 1 atom stereocenters. The molecule has 1 aromatic heterocycles. The van der Waals surface area contributed by atoms with Crippen LogP contribution in [0.1, 0.15) is 22.5 Å². The average molecular weight is 407 g/mol. The van der Waals surface area contributed by atoms with Crippen molar-refractivity contribution >= 4 is 35.0 Å². The Morgan fingerprint density at radius 1 is 1.36 bits per heavy atom. The van der Waals surface area contributed by atoms with Gasteiger partial charge in [0.05, 0.1) is 11.9 Å². The van der Waals surface area contributed by atoms with E-state index >= 15 is 0 Å². The molecule has 1 fully saturated rings. The van der Waals surface area contributed by atoms with Crippen LogP contribution in [-0.4, -0.2) is 40.0 Å². The third-order valence-electron chi connectivity index (χ3n) is 4.36. The maximum Gasteiger partial charge on any atom is 0.268 e. The molecule has 10 heteroatoms. The SMILES string of the molecule is NC(=O)c1ccc(N2CC[C@@](O)(C(=O)NCc3cc(F)cc(Cl)c3)C2=O)cn1. The van der Waals surface area contributed by atoms with Crippen LogP contribution in [0.25, 0.3) is 0 Å². The summed E-state index contributed by atoms with van der Waals surface area (Å²) >= 11 is 5.76. The molecule has 0 aliphatic carbocycles. The van der Waals surface area contributed by atoms with E-state index in [9.17, 15) is 23.9 Å². The Kier molecular flexibility index (Phi) is 5.30. The number of carbonyl (C=O) groups is 3. The number of benzene rings is 1. The van der Waals surface area contributed by atoms with Crippen molar-refractivity contribution < 1.29 is 23.9 Å². The van der Waals surface area contributed by atoms with Crippen molar-refractivity contribution in [2.24, 2.45) is 5.73 Å². The molecule has 8 nitrogen and oxygen atoms in total. The molecular weight excluding hydrogens is 391 g/mol. The normalized spacial score (nSPS) is 19.0. The number of pyridine rings is 1. The Balaban J connectivity index is 1.70. The fourth-order valence-electron chi connectivity index (χ4n) is 2.90. The van der Waals surface area contributed by atoms with E-state index in [1.165, 1.54) is 35.4 Å². The molecule has 0 radical (unpaired) electrons.